The molecular weight excluding hydrogens is 308 g/mol. The molecule has 2 rings (SSSR count). The number of nitrogens with one attached hydrogen (secondary N) is 1. The average molecular weight is 325 g/mol. The van der Waals surface area contributed by atoms with Gasteiger partial charge in [0.2, 0.25) is 0 Å². The Morgan fingerprint density at radius 3 is 2.59 bits per heavy atom. The Morgan fingerprint density at radius 1 is 1.32 bits per heavy atom. The number of hydrogen-bond donors (Lipinski definition) is 2. The van der Waals surface area contributed by atoms with Crippen LogP contribution in [0, 0.1) is 17.0 Å². The minimum absolute atomic E-state index is 0.0826. The monoisotopic (exact) mass is 325 g/mol. The van der Waals surface area contributed by atoms with E-state index in [9.17, 15) is 13.6 Å². The molecule has 0 atom stereocenters. The van der Waals surface area contributed by atoms with Crippen LogP contribution >= 0.6 is 11.3 Å². The zero-order chi connectivity index (χ0) is 16.5. The number of nitrogens with two attached hydrogens (primary N) is 1. The lowest BCUT2D eigenvalue weighted by Crippen LogP contribution is -2.13. The summed E-state index contributed by atoms with van der Waals surface area (Å²) in [5.41, 5.74) is 5.96. The van der Waals surface area contributed by atoms with Gasteiger partial charge in [0.1, 0.15) is 10.7 Å². The molecule has 0 saturated heterocycles. The molecule has 0 saturated carbocycles. The molecule has 0 radical (unpaired) electrons. The average Bonchev–Trinajstić information content (AvgIpc) is 2.73. The van der Waals surface area contributed by atoms with Gasteiger partial charge in [-0.3, -0.25) is 4.79 Å². The lowest BCUT2D eigenvalue weighted by atomic mass is 9.89. The summed E-state index contributed by atoms with van der Waals surface area (Å²) in [5, 5.41) is 3.18. The van der Waals surface area contributed by atoms with Crippen LogP contribution in [0.3, 0.4) is 0 Å². The third-order valence-electron chi connectivity index (χ3n) is 2.77. The number of anilines is 3. The molecule has 1 heterocycles. The van der Waals surface area contributed by atoms with E-state index in [1.54, 1.807) is 0 Å². The van der Waals surface area contributed by atoms with Crippen LogP contribution in [0.25, 0.3) is 0 Å². The molecule has 0 aliphatic heterocycles. The Balaban J connectivity index is 2.19. The number of nitrogen functional groups attached to an aromatic ring is 1. The Morgan fingerprint density at radius 2 is 2.00 bits per heavy atom. The highest BCUT2D eigenvalue weighted by molar-refractivity contribution is 7.18. The van der Waals surface area contributed by atoms with Crippen molar-refractivity contribution in [1.29, 1.82) is 0 Å². The van der Waals surface area contributed by atoms with Crippen LogP contribution in [-0.2, 0) is 0 Å². The van der Waals surface area contributed by atoms with E-state index in [2.05, 4.69) is 10.3 Å². The Kier molecular flexibility index (Phi) is 4.46. The van der Waals surface area contributed by atoms with Gasteiger partial charge in [0.15, 0.2) is 22.5 Å². The number of carbonyl (C=O) groups is 1. The van der Waals surface area contributed by atoms with E-state index in [1.165, 1.54) is 6.07 Å². The first-order valence-corrected chi connectivity index (χ1v) is 7.49. The third kappa shape index (κ3) is 4.00. The molecule has 118 valence electrons. The zero-order valence-electron chi connectivity index (χ0n) is 12.5. The number of aromatic nitrogens is 1. The van der Waals surface area contributed by atoms with Gasteiger partial charge in [-0.05, 0) is 17.5 Å². The van der Waals surface area contributed by atoms with Crippen molar-refractivity contribution in [1.82, 2.24) is 4.98 Å². The Hall–Kier alpha value is -2.02. The number of halogens is 2. The second-order valence-corrected chi connectivity index (χ2v) is 7.15. The lowest BCUT2D eigenvalue weighted by Gasteiger charge is -2.15. The molecule has 2 aromatic rings. The van der Waals surface area contributed by atoms with Gasteiger partial charge in [-0.2, -0.15) is 0 Å². The predicted molar refractivity (Wildman–Crippen MR) is 84.6 cm³/mol. The van der Waals surface area contributed by atoms with Gasteiger partial charge in [-0.25, -0.2) is 13.8 Å². The molecule has 0 aliphatic carbocycles. The molecule has 22 heavy (non-hydrogen) atoms. The van der Waals surface area contributed by atoms with Crippen molar-refractivity contribution in [3.05, 3.63) is 34.7 Å². The largest absolute Gasteiger partial charge is 0.382 e. The zero-order valence-corrected chi connectivity index (χ0v) is 13.4. The van der Waals surface area contributed by atoms with Crippen LogP contribution in [0.5, 0.6) is 0 Å². The fourth-order valence-corrected chi connectivity index (χ4v) is 2.69. The van der Waals surface area contributed by atoms with Gasteiger partial charge in [0.25, 0.3) is 0 Å². The highest BCUT2D eigenvalue weighted by Crippen LogP contribution is 2.31. The van der Waals surface area contributed by atoms with Crippen LogP contribution < -0.4 is 11.1 Å². The van der Waals surface area contributed by atoms with Gasteiger partial charge in [0.05, 0.1) is 0 Å². The molecule has 0 aliphatic rings. The molecule has 0 bridgehead atoms. The first-order chi connectivity index (χ1) is 10.2. The van der Waals surface area contributed by atoms with Crippen molar-refractivity contribution in [2.45, 2.75) is 27.2 Å². The van der Waals surface area contributed by atoms with Crippen molar-refractivity contribution < 1.29 is 13.6 Å². The highest BCUT2D eigenvalue weighted by atomic mass is 32.1. The van der Waals surface area contributed by atoms with E-state index in [0.717, 1.165) is 23.5 Å². The standard InChI is InChI=1S/C15H17F2N3OS/c1-15(2,3)7-11(21)12-13(18)20-14(22-12)19-8-4-5-9(16)10(17)6-8/h4-6H,7,18H2,1-3H3,(H,19,20). The Labute approximate surface area is 131 Å². The number of Topliss-reactive ketones (excluding diaryl/α,β-unsaturated/α-hetero) is 1. The molecule has 1 aromatic carbocycles. The van der Waals surface area contributed by atoms with Gasteiger partial charge >= 0.3 is 0 Å². The van der Waals surface area contributed by atoms with Gasteiger partial charge in [-0.1, -0.05) is 32.1 Å². The summed E-state index contributed by atoms with van der Waals surface area (Å²) in [6, 6.07) is 3.41. The fourth-order valence-electron chi connectivity index (χ4n) is 1.84. The smallest absolute Gasteiger partial charge is 0.189 e. The van der Waals surface area contributed by atoms with E-state index < -0.39 is 11.6 Å². The number of nitrogens with zero attached hydrogens (tertiary/aromatic N) is 1. The molecule has 3 N–H and O–H groups in total. The van der Waals surface area contributed by atoms with Crippen LogP contribution in [0.2, 0.25) is 0 Å². The van der Waals surface area contributed by atoms with Crippen LogP contribution in [0.15, 0.2) is 18.2 Å². The molecule has 0 unspecified atom stereocenters. The molecule has 1 aromatic heterocycles. The number of ketones is 1. The number of carbonyl (C=O) groups excluding carboxylic acids is 1. The fraction of sp³-hybridized carbons (Fsp3) is 0.333. The summed E-state index contributed by atoms with van der Waals surface area (Å²) in [6.45, 7) is 5.88. The van der Waals surface area contributed by atoms with E-state index in [1.807, 2.05) is 20.8 Å². The maximum atomic E-state index is 13.2. The second-order valence-electron chi connectivity index (χ2n) is 6.15. The van der Waals surface area contributed by atoms with Gasteiger partial charge < -0.3 is 11.1 Å². The van der Waals surface area contributed by atoms with Gasteiger partial charge in [-0.15, -0.1) is 0 Å². The van der Waals surface area contributed by atoms with Crippen molar-refractivity contribution in [2.75, 3.05) is 11.1 Å². The molecule has 0 fully saturated rings. The normalized spacial score (nSPS) is 11.5. The first-order valence-electron chi connectivity index (χ1n) is 6.67. The first kappa shape index (κ1) is 16.4. The maximum Gasteiger partial charge on any atom is 0.189 e. The number of benzene rings is 1. The molecular formula is C15H17F2N3OS. The summed E-state index contributed by atoms with van der Waals surface area (Å²) < 4.78 is 26.1. The molecule has 4 nitrogen and oxygen atoms in total. The quantitative estimate of drug-likeness (QED) is 0.819. The summed E-state index contributed by atoms with van der Waals surface area (Å²) in [5.74, 6) is -1.83. The van der Waals surface area contributed by atoms with Crippen molar-refractivity contribution in [3.63, 3.8) is 0 Å². The minimum Gasteiger partial charge on any atom is -0.382 e. The van der Waals surface area contributed by atoms with E-state index in [-0.39, 0.29) is 17.0 Å². The second kappa shape index (κ2) is 6.00. The summed E-state index contributed by atoms with van der Waals surface area (Å²) in [4.78, 5) is 16.6. The van der Waals surface area contributed by atoms with Crippen molar-refractivity contribution in [3.8, 4) is 0 Å². The number of thiazole rings is 1. The van der Waals surface area contributed by atoms with Crippen molar-refractivity contribution >= 4 is 33.8 Å². The maximum absolute atomic E-state index is 13.2. The van der Waals surface area contributed by atoms with E-state index >= 15 is 0 Å². The predicted octanol–water partition coefficient (Wildman–Crippen LogP) is 4.37. The SMILES string of the molecule is CC(C)(C)CC(=O)c1sc(Nc2ccc(F)c(F)c2)nc1N. The van der Waals surface area contributed by atoms with E-state index in [4.69, 9.17) is 5.73 Å². The molecule has 0 spiro atoms. The summed E-state index contributed by atoms with van der Waals surface area (Å²) >= 11 is 1.10. The summed E-state index contributed by atoms with van der Waals surface area (Å²) in [7, 11) is 0. The minimum atomic E-state index is -0.960. The van der Waals surface area contributed by atoms with Gasteiger partial charge in [0, 0.05) is 18.2 Å². The van der Waals surface area contributed by atoms with Crippen LogP contribution in [0.4, 0.5) is 25.4 Å². The number of hydrogen-bond acceptors (Lipinski definition) is 5. The third-order valence-corrected chi connectivity index (χ3v) is 3.80. The van der Waals surface area contributed by atoms with Crippen LogP contribution in [0.1, 0.15) is 36.9 Å². The van der Waals surface area contributed by atoms with Crippen LogP contribution in [-0.4, -0.2) is 10.8 Å². The highest BCUT2D eigenvalue weighted by Gasteiger charge is 2.22. The summed E-state index contributed by atoms with van der Waals surface area (Å²) in [6.07, 6.45) is 0.351. The van der Waals surface area contributed by atoms with Crippen molar-refractivity contribution in [2.24, 2.45) is 5.41 Å². The topological polar surface area (TPSA) is 68.0 Å². The molecule has 7 heteroatoms. The Bertz CT molecular complexity index is 707. The van der Waals surface area contributed by atoms with E-state index in [0.29, 0.717) is 22.1 Å². The molecule has 0 amide bonds. The lowest BCUT2D eigenvalue weighted by molar-refractivity contribution is 0.0944. The number of rotatable bonds is 4.